The molecule has 0 unspecified atom stereocenters. The molecule has 0 saturated carbocycles. The number of amides is 1. The third-order valence-electron chi connectivity index (χ3n) is 4.80. The Morgan fingerprint density at radius 3 is 2.63 bits per heavy atom. The van der Waals surface area contributed by atoms with Crippen LogP contribution in [0.25, 0.3) is 0 Å². The van der Waals surface area contributed by atoms with Crippen LogP contribution in [0.3, 0.4) is 0 Å². The summed E-state index contributed by atoms with van der Waals surface area (Å²) < 4.78 is 10.8. The molecule has 27 heavy (non-hydrogen) atoms. The van der Waals surface area contributed by atoms with Crippen LogP contribution in [0.1, 0.15) is 51.7 Å². The number of carbonyl (C=O) groups excluding carboxylic acids is 2. The van der Waals surface area contributed by atoms with Crippen LogP contribution in [0.5, 0.6) is 5.75 Å². The van der Waals surface area contributed by atoms with Gasteiger partial charge in [-0.25, -0.2) is 4.79 Å². The van der Waals surface area contributed by atoms with E-state index in [4.69, 9.17) is 9.47 Å². The highest BCUT2D eigenvalue weighted by Gasteiger charge is 2.28. The monoisotopic (exact) mass is 387 g/mol. The Morgan fingerprint density at radius 2 is 1.93 bits per heavy atom. The van der Waals surface area contributed by atoms with E-state index in [1.165, 1.54) is 23.3 Å². The predicted molar refractivity (Wildman–Crippen MR) is 107 cm³/mol. The second-order valence-corrected chi connectivity index (χ2v) is 8.03. The lowest BCUT2D eigenvalue weighted by Gasteiger charge is -2.16. The van der Waals surface area contributed by atoms with Crippen molar-refractivity contribution in [2.75, 3.05) is 12.4 Å². The summed E-state index contributed by atoms with van der Waals surface area (Å²) in [4.78, 5) is 26.1. The Labute approximate surface area is 163 Å². The number of aryl methyl sites for hydroxylation is 3. The second kappa shape index (κ2) is 8.13. The molecule has 1 amide bonds. The zero-order chi connectivity index (χ0) is 19.6. The molecule has 1 atom stereocenters. The van der Waals surface area contributed by atoms with Gasteiger partial charge in [0.05, 0.1) is 12.7 Å². The number of esters is 1. The predicted octanol–water partition coefficient (Wildman–Crippen LogP) is 4.44. The molecular formula is C21H25NO4S. The zero-order valence-corrected chi connectivity index (χ0v) is 17.0. The third-order valence-corrected chi connectivity index (χ3v) is 6.01. The van der Waals surface area contributed by atoms with Gasteiger partial charge in [-0.15, -0.1) is 11.3 Å². The molecule has 6 heteroatoms. The molecule has 1 N–H and O–H groups in total. The van der Waals surface area contributed by atoms with Crippen LogP contribution in [0.2, 0.25) is 0 Å². The van der Waals surface area contributed by atoms with Gasteiger partial charge in [0.25, 0.3) is 5.91 Å². The van der Waals surface area contributed by atoms with Gasteiger partial charge in [-0.2, -0.15) is 0 Å². The number of thiophene rings is 1. The zero-order valence-electron chi connectivity index (χ0n) is 16.2. The van der Waals surface area contributed by atoms with Crippen LogP contribution in [-0.2, 0) is 22.4 Å². The molecule has 1 aromatic heterocycles. The minimum Gasteiger partial charge on any atom is -0.481 e. The van der Waals surface area contributed by atoms with E-state index in [9.17, 15) is 9.59 Å². The molecule has 1 aliphatic rings. The quantitative estimate of drug-likeness (QED) is 0.771. The number of hydrogen-bond donors (Lipinski definition) is 1. The fourth-order valence-corrected chi connectivity index (χ4v) is 4.64. The number of rotatable bonds is 5. The number of hydrogen-bond acceptors (Lipinski definition) is 5. The van der Waals surface area contributed by atoms with Crippen molar-refractivity contribution >= 4 is 28.2 Å². The van der Waals surface area contributed by atoms with Crippen LogP contribution in [-0.4, -0.2) is 25.1 Å². The van der Waals surface area contributed by atoms with Gasteiger partial charge in [0.1, 0.15) is 10.8 Å². The lowest BCUT2D eigenvalue weighted by molar-refractivity contribution is -0.122. The first-order chi connectivity index (χ1) is 12.9. The standard InChI is InChI=1S/C21H25NO4S/c1-12-9-10-16(13(2)11-12)26-14(3)19(23)22-20-18(21(24)25-4)15-7-5-6-8-17(15)27-20/h9-11,14H,5-8H2,1-4H3,(H,22,23)/t14-/m1/s1. The molecule has 1 aliphatic carbocycles. The first-order valence-corrected chi connectivity index (χ1v) is 10.00. The van der Waals surface area contributed by atoms with Crippen molar-refractivity contribution in [3.63, 3.8) is 0 Å². The molecule has 144 valence electrons. The van der Waals surface area contributed by atoms with Crippen molar-refractivity contribution in [1.29, 1.82) is 0 Å². The van der Waals surface area contributed by atoms with E-state index in [2.05, 4.69) is 5.32 Å². The molecule has 0 fully saturated rings. The number of benzene rings is 1. The third kappa shape index (κ3) is 4.16. The van der Waals surface area contributed by atoms with Crippen molar-refractivity contribution in [2.24, 2.45) is 0 Å². The minimum absolute atomic E-state index is 0.279. The summed E-state index contributed by atoms with van der Waals surface area (Å²) in [5, 5.41) is 3.45. The summed E-state index contributed by atoms with van der Waals surface area (Å²) in [6.45, 7) is 5.68. The van der Waals surface area contributed by atoms with Crippen LogP contribution < -0.4 is 10.1 Å². The van der Waals surface area contributed by atoms with Gasteiger partial charge in [-0.1, -0.05) is 17.7 Å². The topological polar surface area (TPSA) is 64.6 Å². The van der Waals surface area contributed by atoms with Gasteiger partial charge in [-0.3, -0.25) is 4.79 Å². The highest BCUT2D eigenvalue weighted by Crippen LogP contribution is 2.38. The van der Waals surface area contributed by atoms with Gasteiger partial charge in [0.15, 0.2) is 6.10 Å². The summed E-state index contributed by atoms with van der Waals surface area (Å²) in [5.74, 6) is 0.00768. The Bertz CT molecular complexity index is 871. The van der Waals surface area contributed by atoms with Crippen LogP contribution in [0.4, 0.5) is 5.00 Å². The van der Waals surface area contributed by atoms with Gasteiger partial charge >= 0.3 is 5.97 Å². The molecule has 0 bridgehead atoms. The fraction of sp³-hybridized carbons (Fsp3) is 0.429. The summed E-state index contributed by atoms with van der Waals surface area (Å²) in [6.07, 6.45) is 3.26. The summed E-state index contributed by atoms with van der Waals surface area (Å²) >= 11 is 1.47. The van der Waals surface area contributed by atoms with E-state index in [0.717, 1.165) is 42.4 Å². The highest BCUT2D eigenvalue weighted by molar-refractivity contribution is 7.17. The van der Waals surface area contributed by atoms with E-state index in [1.807, 2.05) is 32.0 Å². The number of carbonyl (C=O) groups is 2. The minimum atomic E-state index is -0.684. The smallest absolute Gasteiger partial charge is 0.341 e. The maximum absolute atomic E-state index is 12.7. The van der Waals surface area contributed by atoms with Crippen molar-refractivity contribution in [1.82, 2.24) is 0 Å². The number of fused-ring (bicyclic) bond motifs is 1. The van der Waals surface area contributed by atoms with Crippen LogP contribution in [0, 0.1) is 13.8 Å². The molecule has 0 spiro atoms. The molecule has 5 nitrogen and oxygen atoms in total. The molecule has 0 radical (unpaired) electrons. The number of ether oxygens (including phenoxy) is 2. The van der Waals surface area contributed by atoms with E-state index in [1.54, 1.807) is 6.92 Å². The van der Waals surface area contributed by atoms with Crippen LogP contribution >= 0.6 is 11.3 Å². The Kier molecular flexibility index (Phi) is 5.85. The van der Waals surface area contributed by atoms with Gasteiger partial charge in [0, 0.05) is 4.88 Å². The fourth-order valence-electron chi connectivity index (χ4n) is 3.36. The number of nitrogens with one attached hydrogen (secondary N) is 1. The van der Waals surface area contributed by atoms with Crippen molar-refractivity contribution < 1.29 is 19.1 Å². The van der Waals surface area contributed by atoms with Gasteiger partial charge in [0.2, 0.25) is 0 Å². The average Bonchev–Trinajstić information content (AvgIpc) is 3.01. The Hall–Kier alpha value is -2.34. The lowest BCUT2D eigenvalue weighted by Crippen LogP contribution is -2.30. The summed E-state index contributed by atoms with van der Waals surface area (Å²) in [6, 6.07) is 5.84. The maximum Gasteiger partial charge on any atom is 0.341 e. The number of methoxy groups -OCH3 is 1. The normalized spacial score (nSPS) is 14.2. The molecule has 0 saturated heterocycles. The van der Waals surface area contributed by atoms with Crippen molar-refractivity contribution in [3.05, 3.63) is 45.3 Å². The van der Waals surface area contributed by atoms with Gasteiger partial charge < -0.3 is 14.8 Å². The van der Waals surface area contributed by atoms with E-state index in [-0.39, 0.29) is 5.91 Å². The van der Waals surface area contributed by atoms with Crippen molar-refractivity contribution in [2.45, 2.75) is 52.6 Å². The molecule has 1 heterocycles. The Balaban J connectivity index is 1.79. The van der Waals surface area contributed by atoms with E-state index < -0.39 is 12.1 Å². The van der Waals surface area contributed by atoms with E-state index in [0.29, 0.717) is 16.3 Å². The lowest BCUT2D eigenvalue weighted by atomic mass is 9.95. The van der Waals surface area contributed by atoms with Crippen LogP contribution in [0.15, 0.2) is 18.2 Å². The summed E-state index contributed by atoms with van der Waals surface area (Å²) in [7, 11) is 1.37. The first-order valence-electron chi connectivity index (χ1n) is 9.18. The average molecular weight is 388 g/mol. The molecule has 3 rings (SSSR count). The largest absolute Gasteiger partial charge is 0.481 e. The molecular weight excluding hydrogens is 362 g/mol. The Morgan fingerprint density at radius 1 is 1.19 bits per heavy atom. The maximum atomic E-state index is 12.7. The molecule has 2 aromatic rings. The van der Waals surface area contributed by atoms with Crippen molar-refractivity contribution in [3.8, 4) is 5.75 Å². The highest BCUT2D eigenvalue weighted by atomic mass is 32.1. The first kappa shape index (κ1) is 19.4. The molecule has 0 aliphatic heterocycles. The molecule has 1 aromatic carbocycles. The summed E-state index contributed by atoms with van der Waals surface area (Å²) in [5.41, 5.74) is 3.65. The van der Waals surface area contributed by atoms with E-state index >= 15 is 0 Å². The second-order valence-electron chi connectivity index (χ2n) is 6.92. The van der Waals surface area contributed by atoms with Gasteiger partial charge in [-0.05, 0) is 63.6 Å². The number of anilines is 1. The SMILES string of the molecule is COC(=O)c1c(NC(=O)[C@@H](C)Oc2ccc(C)cc2C)sc2c1CCCC2.